The minimum Gasteiger partial charge on any atom is -0.336 e. The van der Waals surface area contributed by atoms with E-state index in [1.54, 1.807) is 23.7 Å². The standard InChI is InChI=1S/C15H14N6O2/c1-9-6-13(21(19-9)5-3-4-16)18-14(22)11-7-12-10(2)20-23-15(12)17-8-11/h6-8H,3,5H2,1-2H3,(H,18,22). The summed E-state index contributed by atoms with van der Waals surface area (Å²) in [6.45, 7) is 4.03. The Hall–Kier alpha value is -3.21. The number of nitriles is 1. The molecule has 3 aromatic heterocycles. The number of pyridine rings is 1. The molecule has 0 saturated carbocycles. The molecule has 0 aliphatic heterocycles. The van der Waals surface area contributed by atoms with Crippen molar-refractivity contribution < 1.29 is 9.32 Å². The van der Waals surface area contributed by atoms with E-state index in [1.807, 2.05) is 6.92 Å². The van der Waals surface area contributed by atoms with Crippen LogP contribution < -0.4 is 5.32 Å². The molecule has 1 amide bonds. The molecule has 0 aliphatic rings. The molecule has 0 atom stereocenters. The van der Waals surface area contributed by atoms with E-state index in [2.05, 4.69) is 26.6 Å². The van der Waals surface area contributed by atoms with Crippen molar-refractivity contribution in [3.05, 3.63) is 35.3 Å². The highest BCUT2D eigenvalue weighted by atomic mass is 16.5. The van der Waals surface area contributed by atoms with E-state index in [9.17, 15) is 4.79 Å². The average Bonchev–Trinajstić information content (AvgIpc) is 3.08. The fourth-order valence-corrected chi connectivity index (χ4v) is 2.23. The van der Waals surface area contributed by atoms with Gasteiger partial charge in [-0.1, -0.05) is 5.16 Å². The second-order valence-corrected chi connectivity index (χ2v) is 5.10. The Kier molecular flexibility index (Phi) is 3.76. The zero-order valence-electron chi connectivity index (χ0n) is 12.7. The maximum absolute atomic E-state index is 12.4. The Balaban J connectivity index is 1.85. The van der Waals surface area contributed by atoms with Gasteiger partial charge in [0.1, 0.15) is 5.82 Å². The molecule has 8 heteroatoms. The van der Waals surface area contributed by atoms with Crippen LogP contribution in [-0.2, 0) is 6.54 Å². The molecule has 0 radical (unpaired) electrons. The third-order valence-electron chi connectivity index (χ3n) is 3.35. The van der Waals surface area contributed by atoms with Gasteiger partial charge in [0.15, 0.2) is 0 Å². The Morgan fingerprint density at radius 3 is 3.04 bits per heavy atom. The SMILES string of the molecule is Cc1cc(NC(=O)c2cnc3onc(C)c3c2)n(CCC#N)n1. The predicted molar refractivity (Wildman–Crippen MR) is 81.7 cm³/mol. The van der Waals surface area contributed by atoms with Crippen LogP contribution >= 0.6 is 0 Å². The quantitative estimate of drug-likeness (QED) is 0.791. The number of aromatic nitrogens is 4. The third kappa shape index (κ3) is 2.89. The summed E-state index contributed by atoms with van der Waals surface area (Å²) in [6, 6.07) is 5.50. The maximum atomic E-state index is 12.4. The van der Waals surface area contributed by atoms with Crippen molar-refractivity contribution in [2.24, 2.45) is 0 Å². The normalized spacial score (nSPS) is 10.7. The van der Waals surface area contributed by atoms with Crippen molar-refractivity contribution in [2.75, 3.05) is 5.32 Å². The monoisotopic (exact) mass is 310 g/mol. The second kappa shape index (κ2) is 5.88. The number of amides is 1. The predicted octanol–water partition coefficient (Wildman–Crippen LogP) is 2.20. The average molecular weight is 310 g/mol. The van der Waals surface area contributed by atoms with E-state index in [0.29, 0.717) is 41.1 Å². The zero-order chi connectivity index (χ0) is 16.4. The number of anilines is 1. The molecule has 0 saturated heterocycles. The van der Waals surface area contributed by atoms with Crippen LogP contribution in [0, 0.1) is 25.2 Å². The summed E-state index contributed by atoms with van der Waals surface area (Å²) in [7, 11) is 0. The number of nitrogens with one attached hydrogen (secondary N) is 1. The highest BCUT2D eigenvalue weighted by molar-refractivity contribution is 6.05. The van der Waals surface area contributed by atoms with Crippen LogP contribution in [0.5, 0.6) is 0 Å². The van der Waals surface area contributed by atoms with Crippen LogP contribution in [0.1, 0.15) is 28.2 Å². The molecule has 3 aromatic rings. The third-order valence-corrected chi connectivity index (χ3v) is 3.35. The van der Waals surface area contributed by atoms with Crippen molar-refractivity contribution in [2.45, 2.75) is 26.8 Å². The first-order valence-corrected chi connectivity index (χ1v) is 7.03. The largest absolute Gasteiger partial charge is 0.336 e. The van der Waals surface area contributed by atoms with Gasteiger partial charge in [-0.25, -0.2) is 9.67 Å². The van der Waals surface area contributed by atoms with Gasteiger partial charge >= 0.3 is 0 Å². The van der Waals surface area contributed by atoms with E-state index in [4.69, 9.17) is 9.78 Å². The Labute approximate surface area is 131 Å². The molecular formula is C15H14N6O2. The first-order valence-electron chi connectivity index (χ1n) is 7.03. The lowest BCUT2D eigenvalue weighted by Gasteiger charge is -2.07. The highest BCUT2D eigenvalue weighted by Crippen LogP contribution is 2.18. The molecule has 0 spiro atoms. The lowest BCUT2D eigenvalue weighted by Crippen LogP contribution is -2.16. The highest BCUT2D eigenvalue weighted by Gasteiger charge is 2.14. The molecule has 3 heterocycles. The first-order chi connectivity index (χ1) is 11.1. The van der Waals surface area contributed by atoms with Crippen molar-refractivity contribution in [3.63, 3.8) is 0 Å². The number of rotatable bonds is 4. The van der Waals surface area contributed by atoms with Crippen LogP contribution in [0.4, 0.5) is 5.82 Å². The van der Waals surface area contributed by atoms with Gasteiger partial charge < -0.3 is 9.84 Å². The number of nitrogens with zero attached hydrogens (tertiary/aromatic N) is 5. The molecule has 0 fully saturated rings. The molecule has 0 unspecified atom stereocenters. The lowest BCUT2D eigenvalue weighted by atomic mass is 10.2. The lowest BCUT2D eigenvalue weighted by molar-refractivity contribution is 0.102. The topological polar surface area (TPSA) is 110 Å². The van der Waals surface area contributed by atoms with Crippen LogP contribution in [0.3, 0.4) is 0 Å². The number of carbonyl (C=O) groups excluding carboxylic acids is 1. The van der Waals surface area contributed by atoms with Gasteiger partial charge in [-0.15, -0.1) is 0 Å². The Morgan fingerprint density at radius 1 is 1.43 bits per heavy atom. The van der Waals surface area contributed by atoms with E-state index in [1.165, 1.54) is 6.20 Å². The molecule has 0 aliphatic carbocycles. The van der Waals surface area contributed by atoms with Gasteiger partial charge in [0.05, 0.1) is 41.4 Å². The van der Waals surface area contributed by atoms with Gasteiger partial charge in [-0.05, 0) is 19.9 Å². The summed E-state index contributed by atoms with van der Waals surface area (Å²) in [5.41, 5.74) is 2.24. The fraction of sp³-hybridized carbons (Fsp3) is 0.267. The van der Waals surface area contributed by atoms with E-state index in [0.717, 1.165) is 5.69 Å². The van der Waals surface area contributed by atoms with Gasteiger partial charge in [-0.2, -0.15) is 10.4 Å². The molecule has 0 aromatic carbocycles. The summed E-state index contributed by atoms with van der Waals surface area (Å²) in [5.74, 6) is 0.239. The molecule has 116 valence electrons. The maximum Gasteiger partial charge on any atom is 0.258 e. The number of aryl methyl sites for hydroxylation is 3. The summed E-state index contributed by atoms with van der Waals surface area (Å²) < 4.78 is 6.64. The molecule has 23 heavy (non-hydrogen) atoms. The van der Waals surface area contributed by atoms with E-state index >= 15 is 0 Å². The van der Waals surface area contributed by atoms with Crippen molar-refractivity contribution in [1.82, 2.24) is 19.9 Å². The zero-order valence-corrected chi connectivity index (χ0v) is 12.7. The summed E-state index contributed by atoms with van der Waals surface area (Å²) >= 11 is 0. The molecule has 0 bridgehead atoms. The van der Waals surface area contributed by atoms with Gasteiger partial charge in [0.25, 0.3) is 11.6 Å². The molecular weight excluding hydrogens is 296 g/mol. The fourth-order valence-electron chi connectivity index (χ4n) is 2.23. The number of hydrogen-bond acceptors (Lipinski definition) is 6. The van der Waals surface area contributed by atoms with Crippen molar-refractivity contribution in [3.8, 4) is 6.07 Å². The Bertz CT molecular complexity index is 918. The number of carbonyl (C=O) groups is 1. The molecule has 1 N–H and O–H groups in total. The number of fused-ring (bicyclic) bond motifs is 1. The molecule has 3 rings (SSSR count). The van der Waals surface area contributed by atoms with Gasteiger partial charge in [0, 0.05) is 12.3 Å². The van der Waals surface area contributed by atoms with E-state index in [-0.39, 0.29) is 5.91 Å². The molecule has 8 nitrogen and oxygen atoms in total. The first kappa shape index (κ1) is 14.7. The summed E-state index contributed by atoms with van der Waals surface area (Å²) in [5, 5.41) is 20.3. The summed E-state index contributed by atoms with van der Waals surface area (Å²) in [6.07, 6.45) is 1.75. The minimum atomic E-state index is -0.307. The smallest absolute Gasteiger partial charge is 0.258 e. The van der Waals surface area contributed by atoms with Crippen molar-refractivity contribution in [1.29, 1.82) is 5.26 Å². The van der Waals surface area contributed by atoms with Crippen LogP contribution in [0.15, 0.2) is 22.9 Å². The summed E-state index contributed by atoms with van der Waals surface area (Å²) in [4.78, 5) is 16.5. The van der Waals surface area contributed by atoms with Crippen LogP contribution in [0.25, 0.3) is 11.1 Å². The Morgan fingerprint density at radius 2 is 2.26 bits per heavy atom. The van der Waals surface area contributed by atoms with E-state index < -0.39 is 0 Å². The van der Waals surface area contributed by atoms with Crippen molar-refractivity contribution >= 4 is 22.8 Å². The second-order valence-electron chi connectivity index (χ2n) is 5.10. The van der Waals surface area contributed by atoms with Gasteiger partial charge in [0.2, 0.25) is 0 Å². The minimum absolute atomic E-state index is 0.307. The number of hydrogen-bond donors (Lipinski definition) is 1. The van der Waals surface area contributed by atoms with Crippen LogP contribution in [0.2, 0.25) is 0 Å². The van der Waals surface area contributed by atoms with Crippen LogP contribution in [-0.4, -0.2) is 25.8 Å². The van der Waals surface area contributed by atoms with Gasteiger partial charge in [-0.3, -0.25) is 4.79 Å².